The molecule has 0 amide bonds. The van der Waals surface area contributed by atoms with E-state index in [0.29, 0.717) is 6.54 Å². The summed E-state index contributed by atoms with van der Waals surface area (Å²) >= 11 is 0. The number of hydrogen-bond acceptors (Lipinski definition) is 3. The molecular formula is C16H25NO2. The van der Waals surface area contributed by atoms with Gasteiger partial charge in [0, 0.05) is 12.1 Å². The molecule has 106 valence electrons. The van der Waals surface area contributed by atoms with Crippen molar-refractivity contribution in [3.8, 4) is 0 Å². The van der Waals surface area contributed by atoms with Crippen molar-refractivity contribution in [2.75, 3.05) is 19.7 Å². The van der Waals surface area contributed by atoms with Gasteiger partial charge in [0.05, 0.1) is 12.7 Å². The molecule has 2 atom stereocenters. The third-order valence-corrected chi connectivity index (χ3v) is 4.33. The van der Waals surface area contributed by atoms with Crippen molar-refractivity contribution in [3.05, 3.63) is 35.9 Å². The Hall–Kier alpha value is -0.900. The lowest BCUT2D eigenvalue weighted by atomic mass is 9.91. The average Bonchev–Trinajstić information content (AvgIpc) is 2.83. The predicted octanol–water partition coefficient (Wildman–Crippen LogP) is 2.35. The van der Waals surface area contributed by atoms with E-state index in [1.165, 1.54) is 0 Å². The molecule has 1 aliphatic heterocycles. The van der Waals surface area contributed by atoms with Crippen molar-refractivity contribution < 1.29 is 10.2 Å². The van der Waals surface area contributed by atoms with Gasteiger partial charge in [0.1, 0.15) is 0 Å². The van der Waals surface area contributed by atoms with Gasteiger partial charge in [-0.3, -0.25) is 4.90 Å². The Bertz CT molecular complexity index is 382. The smallest absolute Gasteiger partial charge is 0.0917 e. The molecular weight excluding hydrogens is 238 g/mol. The number of aliphatic hydroxyl groups excluding tert-OH is 2. The Kier molecular flexibility index (Phi) is 4.97. The summed E-state index contributed by atoms with van der Waals surface area (Å²) in [6.07, 6.45) is 3.76. The van der Waals surface area contributed by atoms with Gasteiger partial charge in [0.25, 0.3) is 0 Å². The lowest BCUT2D eigenvalue weighted by molar-refractivity contribution is 0.0196. The summed E-state index contributed by atoms with van der Waals surface area (Å²) in [5, 5.41) is 20.1. The first-order valence-electron chi connectivity index (χ1n) is 7.31. The van der Waals surface area contributed by atoms with Crippen molar-refractivity contribution in [1.29, 1.82) is 0 Å². The van der Waals surface area contributed by atoms with E-state index in [-0.39, 0.29) is 12.1 Å². The molecule has 0 bridgehead atoms. The Morgan fingerprint density at radius 1 is 1.32 bits per heavy atom. The summed E-state index contributed by atoms with van der Waals surface area (Å²) in [5.41, 5.74) is 0.850. The third kappa shape index (κ3) is 3.16. The summed E-state index contributed by atoms with van der Waals surface area (Å²) in [6.45, 7) is 3.94. The second-order valence-electron chi connectivity index (χ2n) is 5.61. The first-order chi connectivity index (χ1) is 9.22. The minimum atomic E-state index is -0.470. The molecule has 0 spiro atoms. The Labute approximate surface area is 115 Å². The molecule has 3 nitrogen and oxygen atoms in total. The highest BCUT2D eigenvalue weighted by Crippen LogP contribution is 2.34. The van der Waals surface area contributed by atoms with E-state index in [1.807, 2.05) is 30.3 Å². The number of hydrogen-bond donors (Lipinski definition) is 2. The predicted molar refractivity (Wildman–Crippen MR) is 76.9 cm³/mol. The van der Waals surface area contributed by atoms with Gasteiger partial charge in [-0.25, -0.2) is 0 Å². The van der Waals surface area contributed by atoms with Crippen LogP contribution in [0, 0.1) is 0 Å². The van der Waals surface area contributed by atoms with Crippen molar-refractivity contribution in [2.24, 2.45) is 0 Å². The van der Waals surface area contributed by atoms with Crippen LogP contribution in [0.4, 0.5) is 0 Å². The molecule has 2 N–H and O–H groups in total. The first-order valence-corrected chi connectivity index (χ1v) is 7.31. The molecule has 1 aromatic rings. The van der Waals surface area contributed by atoms with Gasteiger partial charge in [0.15, 0.2) is 0 Å². The molecule has 1 aliphatic rings. The van der Waals surface area contributed by atoms with Gasteiger partial charge in [-0.2, -0.15) is 0 Å². The molecule has 1 aromatic carbocycles. The maximum absolute atomic E-state index is 10.4. The maximum Gasteiger partial charge on any atom is 0.0917 e. The van der Waals surface area contributed by atoms with Crippen LogP contribution in [-0.2, 0) is 0 Å². The van der Waals surface area contributed by atoms with E-state index in [9.17, 15) is 10.2 Å². The van der Waals surface area contributed by atoms with Crippen LogP contribution in [0.2, 0.25) is 0 Å². The fraction of sp³-hybridized carbons (Fsp3) is 0.625. The van der Waals surface area contributed by atoms with Gasteiger partial charge >= 0.3 is 0 Å². The molecule has 0 saturated carbocycles. The molecule has 1 saturated heterocycles. The zero-order valence-electron chi connectivity index (χ0n) is 11.8. The van der Waals surface area contributed by atoms with Crippen molar-refractivity contribution in [2.45, 2.75) is 44.2 Å². The van der Waals surface area contributed by atoms with E-state index < -0.39 is 6.10 Å². The zero-order chi connectivity index (χ0) is 13.7. The van der Waals surface area contributed by atoms with Crippen LogP contribution < -0.4 is 0 Å². The van der Waals surface area contributed by atoms with Crippen LogP contribution in [0.3, 0.4) is 0 Å². The van der Waals surface area contributed by atoms with E-state index in [2.05, 4.69) is 11.8 Å². The van der Waals surface area contributed by atoms with Gasteiger partial charge < -0.3 is 10.2 Å². The second kappa shape index (κ2) is 6.51. The van der Waals surface area contributed by atoms with E-state index >= 15 is 0 Å². The number of nitrogens with zero attached hydrogens (tertiary/aromatic N) is 1. The monoisotopic (exact) mass is 263 g/mol. The van der Waals surface area contributed by atoms with Crippen molar-refractivity contribution in [3.63, 3.8) is 0 Å². The van der Waals surface area contributed by atoms with Gasteiger partial charge in [0.2, 0.25) is 0 Å². The standard InChI is InChI=1S/C16H25NO2/c1-2-9-16(13-18)10-6-11-17(16)12-15(19)14-7-4-3-5-8-14/h3-5,7-8,15,18-19H,2,6,9-13H2,1H3/t15-,16-/m1/s1. The highest BCUT2D eigenvalue weighted by atomic mass is 16.3. The van der Waals surface area contributed by atoms with Crippen LogP contribution in [0.15, 0.2) is 30.3 Å². The average molecular weight is 263 g/mol. The largest absolute Gasteiger partial charge is 0.394 e. The highest BCUT2D eigenvalue weighted by Gasteiger charge is 2.40. The second-order valence-corrected chi connectivity index (χ2v) is 5.61. The van der Waals surface area contributed by atoms with Crippen molar-refractivity contribution >= 4 is 0 Å². The molecule has 3 heteroatoms. The zero-order valence-corrected chi connectivity index (χ0v) is 11.8. The quantitative estimate of drug-likeness (QED) is 0.828. The minimum Gasteiger partial charge on any atom is -0.394 e. The summed E-state index contributed by atoms with van der Waals surface area (Å²) in [6, 6.07) is 9.78. The van der Waals surface area contributed by atoms with E-state index in [0.717, 1.165) is 37.8 Å². The van der Waals surface area contributed by atoms with Crippen LogP contribution in [0.5, 0.6) is 0 Å². The van der Waals surface area contributed by atoms with Crippen LogP contribution >= 0.6 is 0 Å². The SMILES string of the molecule is CCC[C@]1(CO)CCCN1C[C@@H](O)c1ccccc1. The van der Waals surface area contributed by atoms with Gasteiger partial charge in [-0.15, -0.1) is 0 Å². The van der Waals surface area contributed by atoms with Gasteiger partial charge in [-0.1, -0.05) is 43.7 Å². The number of aliphatic hydroxyl groups is 2. The summed E-state index contributed by atoms with van der Waals surface area (Å²) in [5.74, 6) is 0. The number of rotatable bonds is 6. The molecule has 0 aromatic heterocycles. The minimum absolute atomic E-state index is 0.107. The molecule has 0 aliphatic carbocycles. The first kappa shape index (κ1) is 14.5. The third-order valence-electron chi connectivity index (χ3n) is 4.33. The molecule has 1 heterocycles. The Morgan fingerprint density at radius 2 is 2.05 bits per heavy atom. The normalized spacial score (nSPS) is 25.6. The fourth-order valence-corrected chi connectivity index (χ4v) is 3.28. The van der Waals surface area contributed by atoms with E-state index in [4.69, 9.17) is 0 Å². The Balaban J connectivity index is 2.05. The fourth-order valence-electron chi connectivity index (χ4n) is 3.28. The topological polar surface area (TPSA) is 43.7 Å². The van der Waals surface area contributed by atoms with Crippen LogP contribution in [0.1, 0.15) is 44.3 Å². The molecule has 0 unspecified atom stereocenters. The molecule has 0 radical (unpaired) electrons. The van der Waals surface area contributed by atoms with E-state index in [1.54, 1.807) is 0 Å². The lowest BCUT2D eigenvalue weighted by Crippen LogP contribution is -2.48. The molecule has 19 heavy (non-hydrogen) atoms. The Morgan fingerprint density at radius 3 is 2.68 bits per heavy atom. The highest BCUT2D eigenvalue weighted by molar-refractivity contribution is 5.18. The van der Waals surface area contributed by atoms with Crippen molar-refractivity contribution in [1.82, 2.24) is 4.90 Å². The summed E-state index contributed by atoms with van der Waals surface area (Å²) in [4.78, 5) is 2.29. The lowest BCUT2D eigenvalue weighted by Gasteiger charge is -2.38. The maximum atomic E-state index is 10.4. The molecule has 1 fully saturated rings. The van der Waals surface area contributed by atoms with Crippen LogP contribution in [0.25, 0.3) is 0 Å². The number of β-amino-alcohol motifs (C(OH)–C–C–N with tert-alkyl or cyclic N) is 1. The van der Waals surface area contributed by atoms with Crippen LogP contribution in [-0.4, -0.2) is 40.3 Å². The number of benzene rings is 1. The number of likely N-dealkylation sites (tertiary alicyclic amines) is 1. The molecule has 2 rings (SSSR count). The summed E-state index contributed by atoms with van der Waals surface area (Å²) < 4.78 is 0. The summed E-state index contributed by atoms with van der Waals surface area (Å²) in [7, 11) is 0. The van der Waals surface area contributed by atoms with Gasteiger partial charge in [-0.05, 0) is 31.4 Å².